The SMILES string of the molecule is COc1ccccc1C(C)N(C)CC(=O)NC(C)c1ccc(C)c(C)c1. The van der Waals surface area contributed by atoms with Crippen LogP contribution >= 0.6 is 0 Å². The molecule has 26 heavy (non-hydrogen) atoms. The van der Waals surface area contributed by atoms with Gasteiger partial charge in [-0.25, -0.2) is 0 Å². The maximum absolute atomic E-state index is 12.5. The number of likely N-dealkylation sites (N-methyl/N-ethyl adjacent to an activating group) is 1. The maximum atomic E-state index is 12.5. The first kappa shape index (κ1) is 20.0. The highest BCUT2D eigenvalue weighted by Crippen LogP contribution is 2.27. The van der Waals surface area contributed by atoms with Gasteiger partial charge < -0.3 is 10.1 Å². The summed E-state index contributed by atoms with van der Waals surface area (Å²) in [5, 5.41) is 3.10. The predicted octanol–water partition coefficient (Wildman–Crippen LogP) is 4.18. The van der Waals surface area contributed by atoms with E-state index in [-0.39, 0.29) is 18.0 Å². The Kier molecular flexibility index (Phi) is 6.81. The second-order valence-corrected chi connectivity index (χ2v) is 6.97. The molecule has 4 heteroatoms. The summed E-state index contributed by atoms with van der Waals surface area (Å²) in [6.07, 6.45) is 0. The number of ether oxygens (including phenoxy) is 1. The summed E-state index contributed by atoms with van der Waals surface area (Å²) < 4.78 is 5.44. The Hall–Kier alpha value is -2.33. The van der Waals surface area contributed by atoms with E-state index in [0.29, 0.717) is 6.54 Å². The third-order valence-corrected chi connectivity index (χ3v) is 5.05. The summed E-state index contributed by atoms with van der Waals surface area (Å²) in [7, 11) is 3.63. The molecule has 0 aliphatic rings. The molecule has 0 bridgehead atoms. The van der Waals surface area contributed by atoms with Crippen LogP contribution in [0, 0.1) is 13.8 Å². The molecule has 2 atom stereocenters. The van der Waals surface area contributed by atoms with Crippen LogP contribution in [0.5, 0.6) is 5.75 Å². The fourth-order valence-electron chi connectivity index (χ4n) is 3.02. The smallest absolute Gasteiger partial charge is 0.234 e. The minimum Gasteiger partial charge on any atom is -0.496 e. The van der Waals surface area contributed by atoms with Crippen LogP contribution in [0.3, 0.4) is 0 Å². The number of para-hydroxylation sites is 1. The number of amides is 1. The Morgan fingerprint density at radius 1 is 1.12 bits per heavy atom. The lowest BCUT2D eigenvalue weighted by molar-refractivity contribution is -0.123. The molecule has 1 amide bonds. The van der Waals surface area contributed by atoms with Gasteiger partial charge in [-0.1, -0.05) is 36.4 Å². The van der Waals surface area contributed by atoms with Crippen molar-refractivity contribution in [2.45, 2.75) is 39.8 Å². The Balaban J connectivity index is 1.98. The number of aryl methyl sites for hydroxylation is 2. The van der Waals surface area contributed by atoms with Crippen molar-refractivity contribution in [3.63, 3.8) is 0 Å². The van der Waals surface area contributed by atoms with Crippen LogP contribution in [-0.2, 0) is 4.79 Å². The molecule has 0 heterocycles. The van der Waals surface area contributed by atoms with Gasteiger partial charge in [-0.2, -0.15) is 0 Å². The lowest BCUT2D eigenvalue weighted by atomic mass is 10.0. The van der Waals surface area contributed by atoms with Gasteiger partial charge in [-0.3, -0.25) is 9.69 Å². The third-order valence-electron chi connectivity index (χ3n) is 5.05. The van der Waals surface area contributed by atoms with E-state index >= 15 is 0 Å². The standard InChI is InChI=1S/C22H30N2O2/c1-15-11-12-19(13-16(15)2)17(3)23-22(25)14-24(5)18(4)20-9-7-8-10-21(20)26-6/h7-13,17-18H,14H2,1-6H3,(H,23,25). The molecule has 0 aliphatic heterocycles. The number of carbonyl (C=O) groups is 1. The lowest BCUT2D eigenvalue weighted by Crippen LogP contribution is -2.37. The molecule has 140 valence electrons. The highest BCUT2D eigenvalue weighted by Gasteiger charge is 2.19. The molecular formula is C22H30N2O2. The van der Waals surface area contributed by atoms with Crippen LogP contribution in [0.4, 0.5) is 0 Å². The molecular weight excluding hydrogens is 324 g/mol. The first-order chi connectivity index (χ1) is 12.3. The number of hydrogen-bond acceptors (Lipinski definition) is 3. The molecule has 0 aromatic heterocycles. The molecule has 0 spiro atoms. The molecule has 2 aromatic carbocycles. The van der Waals surface area contributed by atoms with Crippen LogP contribution < -0.4 is 10.1 Å². The van der Waals surface area contributed by atoms with E-state index in [1.807, 2.05) is 43.1 Å². The Bertz CT molecular complexity index is 758. The zero-order chi connectivity index (χ0) is 19.3. The second kappa shape index (κ2) is 8.86. The van der Waals surface area contributed by atoms with E-state index in [4.69, 9.17) is 4.74 Å². The molecule has 0 radical (unpaired) electrons. The Labute approximate surface area is 157 Å². The Morgan fingerprint density at radius 2 is 1.81 bits per heavy atom. The van der Waals surface area contributed by atoms with Gasteiger partial charge in [-0.05, 0) is 57.5 Å². The Morgan fingerprint density at radius 3 is 2.46 bits per heavy atom. The first-order valence-electron chi connectivity index (χ1n) is 9.03. The summed E-state index contributed by atoms with van der Waals surface area (Å²) in [4.78, 5) is 14.5. The van der Waals surface area contributed by atoms with E-state index < -0.39 is 0 Å². The summed E-state index contributed by atoms with van der Waals surface area (Å²) in [5.41, 5.74) is 4.71. The zero-order valence-electron chi connectivity index (χ0n) is 16.7. The molecule has 2 unspecified atom stereocenters. The molecule has 1 N–H and O–H groups in total. The summed E-state index contributed by atoms with van der Waals surface area (Å²) in [6.45, 7) is 8.62. The van der Waals surface area contributed by atoms with Crippen LogP contribution in [-0.4, -0.2) is 31.5 Å². The highest BCUT2D eigenvalue weighted by atomic mass is 16.5. The molecule has 2 aromatic rings. The molecule has 2 rings (SSSR count). The van der Waals surface area contributed by atoms with E-state index in [9.17, 15) is 4.79 Å². The normalized spacial score (nSPS) is 13.3. The number of methoxy groups -OCH3 is 1. The average molecular weight is 354 g/mol. The first-order valence-corrected chi connectivity index (χ1v) is 9.03. The number of benzene rings is 2. The van der Waals surface area contributed by atoms with Crippen molar-refractivity contribution < 1.29 is 9.53 Å². The predicted molar refractivity (Wildman–Crippen MR) is 107 cm³/mol. The van der Waals surface area contributed by atoms with Crippen LogP contribution in [0.1, 0.15) is 48.2 Å². The fraction of sp³-hybridized carbons (Fsp3) is 0.409. The van der Waals surface area contributed by atoms with Crippen LogP contribution in [0.15, 0.2) is 42.5 Å². The van der Waals surface area contributed by atoms with Crippen molar-refractivity contribution in [1.29, 1.82) is 0 Å². The highest BCUT2D eigenvalue weighted by molar-refractivity contribution is 5.78. The van der Waals surface area contributed by atoms with Gasteiger partial charge >= 0.3 is 0 Å². The van der Waals surface area contributed by atoms with Gasteiger partial charge in [0.15, 0.2) is 0 Å². The summed E-state index contributed by atoms with van der Waals surface area (Å²) in [5.74, 6) is 0.857. The maximum Gasteiger partial charge on any atom is 0.234 e. The summed E-state index contributed by atoms with van der Waals surface area (Å²) in [6, 6.07) is 14.3. The number of nitrogens with zero attached hydrogens (tertiary/aromatic N) is 1. The monoisotopic (exact) mass is 354 g/mol. The second-order valence-electron chi connectivity index (χ2n) is 6.97. The van der Waals surface area contributed by atoms with Crippen molar-refractivity contribution in [1.82, 2.24) is 10.2 Å². The van der Waals surface area contributed by atoms with Crippen molar-refractivity contribution >= 4 is 5.91 Å². The largest absolute Gasteiger partial charge is 0.496 e. The van der Waals surface area contributed by atoms with Gasteiger partial charge in [0.05, 0.1) is 19.7 Å². The lowest BCUT2D eigenvalue weighted by Gasteiger charge is -2.26. The van der Waals surface area contributed by atoms with Gasteiger partial charge in [0.2, 0.25) is 5.91 Å². The number of hydrogen-bond donors (Lipinski definition) is 1. The fourth-order valence-corrected chi connectivity index (χ4v) is 3.02. The number of carbonyl (C=O) groups excluding carboxylic acids is 1. The molecule has 0 fully saturated rings. The molecule has 0 aliphatic carbocycles. The molecule has 0 saturated carbocycles. The quantitative estimate of drug-likeness (QED) is 0.811. The minimum atomic E-state index is -0.0169. The van der Waals surface area contributed by atoms with E-state index in [1.54, 1.807) is 7.11 Å². The van der Waals surface area contributed by atoms with Gasteiger partial charge in [0.25, 0.3) is 0 Å². The molecule has 0 saturated heterocycles. The molecule has 4 nitrogen and oxygen atoms in total. The van der Waals surface area contributed by atoms with Crippen molar-refractivity contribution in [2.24, 2.45) is 0 Å². The van der Waals surface area contributed by atoms with Gasteiger partial charge in [0, 0.05) is 11.6 Å². The van der Waals surface area contributed by atoms with E-state index in [0.717, 1.165) is 16.9 Å². The number of rotatable bonds is 7. The minimum absolute atomic E-state index is 0.0139. The topological polar surface area (TPSA) is 41.6 Å². The van der Waals surface area contributed by atoms with E-state index in [2.05, 4.69) is 44.3 Å². The van der Waals surface area contributed by atoms with E-state index in [1.165, 1.54) is 11.1 Å². The van der Waals surface area contributed by atoms with Gasteiger partial charge in [-0.15, -0.1) is 0 Å². The van der Waals surface area contributed by atoms with Gasteiger partial charge in [0.1, 0.15) is 5.75 Å². The third kappa shape index (κ3) is 4.85. The van der Waals surface area contributed by atoms with Crippen LogP contribution in [0.2, 0.25) is 0 Å². The van der Waals surface area contributed by atoms with Crippen molar-refractivity contribution in [2.75, 3.05) is 20.7 Å². The van der Waals surface area contributed by atoms with Crippen LogP contribution in [0.25, 0.3) is 0 Å². The summed E-state index contributed by atoms with van der Waals surface area (Å²) >= 11 is 0. The number of nitrogens with one attached hydrogen (secondary N) is 1. The average Bonchev–Trinajstić information content (AvgIpc) is 2.62. The van der Waals surface area contributed by atoms with Crippen molar-refractivity contribution in [3.8, 4) is 5.75 Å². The van der Waals surface area contributed by atoms with Crippen molar-refractivity contribution in [3.05, 3.63) is 64.7 Å². The zero-order valence-corrected chi connectivity index (χ0v) is 16.7.